The van der Waals surface area contributed by atoms with Crippen LogP contribution < -0.4 is 10.6 Å². The lowest BCUT2D eigenvalue weighted by Gasteiger charge is -2.30. The van der Waals surface area contributed by atoms with Gasteiger partial charge in [0.05, 0.1) is 0 Å². The third-order valence-corrected chi connectivity index (χ3v) is 3.34. The fourth-order valence-electron chi connectivity index (χ4n) is 2.21. The second-order valence-corrected chi connectivity index (χ2v) is 4.72. The number of nitrogens with zero attached hydrogens (tertiary/aromatic N) is 1. The molecule has 2 N–H and O–H groups in total. The summed E-state index contributed by atoms with van der Waals surface area (Å²) in [4.78, 5) is 2.20. The van der Waals surface area contributed by atoms with Crippen LogP contribution in [0.25, 0.3) is 0 Å². The molecular formula is C14H18F2N2. The van der Waals surface area contributed by atoms with Crippen molar-refractivity contribution in [2.75, 3.05) is 23.7 Å². The fourth-order valence-corrected chi connectivity index (χ4v) is 2.21. The van der Waals surface area contributed by atoms with E-state index in [9.17, 15) is 8.78 Å². The number of anilines is 2. The third kappa shape index (κ3) is 3.00. The van der Waals surface area contributed by atoms with E-state index in [0.717, 1.165) is 31.6 Å². The molecule has 1 aliphatic rings. The molecule has 2 rings (SSSR count). The first-order valence-electron chi connectivity index (χ1n) is 6.14. The lowest BCUT2D eigenvalue weighted by molar-refractivity contribution is 0.149. The van der Waals surface area contributed by atoms with Crippen molar-refractivity contribution in [1.82, 2.24) is 0 Å². The molecule has 0 aromatic heterocycles. The Balaban J connectivity index is 2.16. The molecule has 1 aliphatic heterocycles. The van der Waals surface area contributed by atoms with Crippen molar-refractivity contribution in [2.24, 2.45) is 0 Å². The summed E-state index contributed by atoms with van der Waals surface area (Å²) in [5.74, 6) is 0. The van der Waals surface area contributed by atoms with Gasteiger partial charge in [0.15, 0.2) is 0 Å². The van der Waals surface area contributed by atoms with Gasteiger partial charge in [0, 0.05) is 30.9 Å². The average molecular weight is 252 g/mol. The Morgan fingerprint density at radius 3 is 2.56 bits per heavy atom. The predicted molar refractivity (Wildman–Crippen MR) is 71.1 cm³/mol. The molecule has 0 aliphatic carbocycles. The van der Waals surface area contributed by atoms with Crippen LogP contribution in [-0.4, -0.2) is 19.5 Å². The van der Waals surface area contributed by atoms with E-state index in [1.54, 1.807) is 12.1 Å². The summed E-state index contributed by atoms with van der Waals surface area (Å²) >= 11 is 0. The number of halogens is 2. The van der Waals surface area contributed by atoms with E-state index in [4.69, 9.17) is 5.73 Å². The highest BCUT2D eigenvalue weighted by atomic mass is 19.3. The Bertz CT molecular complexity index is 433. The minimum absolute atomic E-state index is 0.278. The Kier molecular flexibility index (Phi) is 3.84. The van der Waals surface area contributed by atoms with Gasteiger partial charge >= 0.3 is 0 Å². The molecule has 0 unspecified atom stereocenters. The van der Waals surface area contributed by atoms with Crippen molar-refractivity contribution in [1.29, 1.82) is 0 Å². The van der Waals surface area contributed by atoms with E-state index in [2.05, 4.69) is 11.5 Å². The molecule has 0 radical (unpaired) electrons. The van der Waals surface area contributed by atoms with Gasteiger partial charge in [-0.15, -0.1) is 0 Å². The SMILES string of the molecule is C=C1CCN(c2ccc(N)c(CC(F)F)c2)CC1. The highest BCUT2D eigenvalue weighted by molar-refractivity contribution is 5.59. The van der Waals surface area contributed by atoms with E-state index < -0.39 is 6.43 Å². The van der Waals surface area contributed by atoms with Crippen LogP contribution in [0, 0.1) is 0 Å². The van der Waals surface area contributed by atoms with E-state index in [1.165, 1.54) is 5.57 Å². The molecule has 1 fully saturated rings. The lowest BCUT2D eigenvalue weighted by Crippen LogP contribution is -2.30. The molecule has 4 heteroatoms. The smallest absolute Gasteiger partial charge is 0.242 e. The highest BCUT2D eigenvalue weighted by Crippen LogP contribution is 2.26. The zero-order valence-corrected chi connectivity index (χ0v) is 10.3. The summed E-state index contributed by atoms with van der Waals surface area (Å²) < 4.78 is 24.9. The summed E-state index contributed by atoms with van der Waals surface area (Å²) in [6.07, 6.45) is -0.702. The topological polar surface area (TPSA) is 29.3 Å². The lowest BCUT2D eigenvalue weighted by atomic mass is 10.0. The van der Waals surface area contributed by atoms with E-state index in [-0.39, 0.29) is 6.42 Å². The summed E-state index contributed by atoms with van der Waals surface area (Å²) in [6.45, 7) is 5.77. The molecular weight excluding hydrogens is 234 g/mol. The largest absolute Gasteiger partial charge is 0.399 e. The van der Waals surface area contributed by atoms with Crippen molar-refractivity contribution in [3.05, 3.63) is 35.9 Å². The minimum Gasteiger partial charge on any atom is -0.399 e. The van der Waals surface area contributed by atoms with Crippen molar-refractivity contribution in [3.63, 3.8) is 0 Å². The zero-order valence-electron chi connectivity index (χ0n) is 10.3. The standard InChI is InChI=1S/C14H18F2N2/c1-10-4-6-18(7-5-10)12-2-3-13(17)11(8-12)9-14(15)16/h2-3,8,14H,1,4-7,9,17H2. The van der Waals surface area contributed by atoms with Crippen LogP contribution in [0.3, 0.4) is 0 Å². The number of nitrogen functional groups attached to an aromatic ring is 1. The molecule has 1 saturated heterocycles. The number of rotatable bonds is 3. The maximum Gasteiger partial charge on any atom is 0.242 e. The summed E-state index contributed by atoms with van der Waals surface area (Å²) in [6, 6.07) is 5.41. The molecule has 1 aromatic rings. The van der Waals surface area contributed by atoms with Gasteiger partial charge in [-0.3, -0.25) is 0 Å². The molecule has 0 saturated carbocycles. The van der Waals surface area contributed by atoms with Crippen LogP contribution in [0.1, 0.15) is 18.4 Å². The maximum absolute atomic E-state index is 12.4. The van der Waals surface area contributed by atoms with Gasteiger partial charge in [0.25, 0.3) is 0 Å². The zero-order chi connectivity index (χ0) is 13.1. The summed E-state index contributed by atoms with van der Waals surface area (Å²) in [7, 11) is 0. The fraction of sp³-hybridized carbons (Fsp3) is 0.429. The molecule has 1 heterocycles. The number of hydrogen-bond acceptors (Lipinski definition) is 2. The predicted octanol–water partition coefficient (Wildman–Crippen LogP) is 3.23. The van der Waals surface area contributed by atoms with Gasteiger partial charge in [-0.1, -0.05) is 12.2 Å². The highest BCUT2D eigenvalue weighted by Gasteiger charge is 2.15. The average Bonchev–Trinajstić information content (AvgIpc) is 2.32. The van der Waals surface area contributed by atoms with Crippen LogP contribution in [0.15, 0.2) is 30.4 Å². The molecule has 0 bridgehead atoms. The first-order chi connectivity index (χ1) is 8.56. The second-order valence-electron chi connectivity index (χ2n) is 4.72. The van der Waals surface area contributed by atoms with Crippen LogP contribution in [0.2, 0.25) is 0 Å². The molecule has 18 heavy (non-hydrogen) atoms. The third-order valence-electron chi connectivity index (χ3n) is 3.34. The van der Waals surface area contributed by atoms with Crippen molar-refractivity contribution < 1.29 is 8.78 Å². The van der Waals surface area contributed by atoms with E-state index in [0.29, 0.717) is 11.3 Å². The quantitative estimate of drug-likeness (QED) is 0.661. The van der Waals surface area contributed by atoms with Gasteiger partial charge in [0.1, 0.15) is 0 Å². The Morgan fingerprint density at radius 1 is 1.28 bits per heavy atom. The summed E-state index contributed by atoms with van der Waals surface area (Å²) in [5.41, 5.74) is 8.94. The van der Waals surface area contributed by atoms with Crippen LogP contribution in [-0.2, 0) is 6.42 Å². The Labute approximate surface area is 106 Å². The van der Waals surface area contributed by atoms with Crippen LogP contribution in [0.5, 0.6) is 0 Å². The normalized spacial score (nSPS) is 16.4. The number of benzene rings is 1. The molecule has 0 atom stereocenters. The van der Waals surface area contributed by atoms with Gasteiger partial charge in [-0.25, -0.2) is 8.78 Å². The first-order valence-corrected chi connectivity index (χ1v) is 6.14. The number of nitrogens with two attached hydrogens (primary N) is 1. The monoisotopic (exact) mass is 252 g/mol. The van der Waals surface area contributed by atoms with E-state index >= 15 is 0 Å². The van der Waals surface area contributed by atoms with Crippen molar-refractivity contribution in [3.8, 4) is 0 Å². The van der Waals surface area contributed by atoms with Crippen molar-refractivity contribution in [2.45, 2.75) is 25.7 Å². The number of hydrogen-bond donors (Lipinski definition) is 1. The molecule has 1 aromatic carbocycles. The van der Waals surface area contributed by atoms with E-state index in [1.807, 2.05) is 6.07 Å². The van der Waals surface area contributed by atoms with Gasteiger partial charge in [-0.2, -0.15) is 0 Å². The first kappa shape index (κ1) is 12.9. The molecule has 0 amide bonds. The summed E-state index contributed by atoms with van der Waals surface area (Å²) in [5, 5.41) is 0. The Morgan fingerprint density at radius 2 is 1.94 bits per heavy atom. The molecule has 98 valence electrons. The maximum atomic E-state index is 12.4. The minimum atomic E-state index is -2.36. The second kappa shape index (κ2) is 5.38. The Hall–Kier alpha value is -1.58. The number of piperidine rings is 1. The van der Waals surface area contributed by atoms with Crippen LogP contribution >= 0.6 is 0 Å². The van der Waals surface area contributed by atoms with Crippen LogP contribution in [0.4, 0.5) is 20.2 Å². The number of alkyl halides is 2. The van der Waals surface area contributed by atoms with Gasteiger partial charge in [0.2, 0.25) is 6.43 Å². The molecule has 2 nitrogen and oxygen atoms in total. The molecule has 0 spiro atoms. The van der Waals surface area contributed by atoms with Gasteiger partial charge in [-0.05, 0) is 36.6 Å². The van der Waals surface area contributed by atoms with Crippen molar-refractivity contribution >= 4 is 11.4 Å². The van der Waals surface area contributed by atoms with Gasteiger partial charge < -0.3 is 10.6 Å².